The molecular formula is C22H25BrN4O9. The number of ether oxygens (including phenoxy) is 3. The number of hydrogen-bond donors (Lipinski definition) is 2. The first kappa shape index (κ1) is 28.3. The number of non-ortho nitro benzene ring substituents is 1. The molecule has 0 aromatic heterocycles. The molecule has 0 fully saturated rings. The van der Waals surface area contributed by atoms with Gasteiger partial charge in [-0.25, -0.2) is 4.79 Å². The number of amides is 2. The second-order valence-corrected chi connectivity index (χ2v) is 8.70. The third-order valence-corrected chi connectivity index (χ3v) is 5.94. The van der Waals surface area contributed by atoms with Gasteiger partial charge in [-0.15, -0.1) is 0 Å². The number of nitro groups is 2. The zero-order valence-electron chi connectivity index (χ0n) is 20.0. The topological polar surface area (TPSA) is 172 Å². The fourth-order valence-electron chi connectivity index (χ4n) is 3.10. The summed E-state index contributed by atoms with van der Waals surface area (Å²) in [7, 11) is 2.99. The highest BCUT2D eigenvalue weighted by Crippen LogP contribution is 2.34. The summed E-state index contributed by atoms with van der Waals surface area (Å²) in [5.74, 6) is 0.479. The average molecular weight is 569 g/mol. The average Bonchev–Trinajstić information content (AvgIpc) is 2.82. The van der Waals surface area contributed by atoms with E-state index in [2.05, 4.69) is 26.6 Å². The van der Waals surface area contributed by atoms with Crippen molar-refractivity contribution in [3.05, 3.63) is 66.2 Å². The lowest BCUT2D eigenvalue weighted by atomic mass is 9.97. The molecule has 0 aliphatic heterocycles. The van der Waals surface area contributed by atoms with Gasteiger partial charge in [0.1, 0.15) is 17.1 Å². The predicted octanol–water partition coefficient (Wildman–Crippen LogP) is 3.60. The Morgan fingerprint density at radius 1 is 0.972 bits per heavy atom. The maximum Gasteiger partial charge on any atom is 0.408 e. The minimum absolute atomic E-state index is 0.0155. The summed E-state index contributed by atoms with van der Waals surface area (Å²) in [5, 5.41) is 27.1. The lowest BCUT2D eigenvalue weighted by Crippen LogP contribution is -2.40. The molecule has 0 saturated heterocycles. The minimum atomic E-state index is -1.08. The molecule has 0 saturated carbocycles. The first-order valence-corrected chi connectivity index (χ1v) is 11.3. The molecular weight excluding hydrogens is 544 g/mol. The van der Waals surface area contributed by atoms with Gasteiger partial charge in [0.2, 0.25) is 5.91 Å². The number of carbonyl (C=O) groups excluding carboxylic acids is 2. The van der Waals surface area contributed by atoms with Crippen LogP contribution in [0.25, 0.3) is 0 Å². The summed E-state index contributed by atoms with van der Waals surface area (Å²) in [5.41, 5.74) is -1.09. The fourth-order valence-corrected chi connectivity index (χ4v) is 3.68. The molecule has 2 aromatic rings. The van der Waals surface area contributed by atoms with E-state index in [9.17, 15) is 29.8 Å². The summed E-state index contributed by atoms with van der Waals surface area (Å²) >= 11 is 3.08. The summed E-state index contributed by atoms with van der Waals surface area (Å²) in [6, 6.07) is 7.10. The number of nitrogens with one attached hydrogen (secondary N) is 2. The number of hydrogen-bond acceptors (Lipinski definition) is 9. The number of nitro benzene ring substituents is 2. The van der Waals surface area contributed by atoms with E-state index in [1.165, 1.54) is 20.3 Å². The molecule has 2 amide bonds. The lowest BCUT2D eigenvalue weighted by molar-refractivity contribution is -0.394. The molecule has 2 aromatic carbocycles. The van der Waals surface area contributed by atoms with E-state index in [1.807, 2.05) is 0 Å². The number of methoxy groups -OCH3 is 2. The van der Waals surface area contributed by atoms with Crippen molar-refractivity contribution < 1.29 is 33.6 Å². The molecule has 14 heteroatoms. The van der Waals surface area contributed by atoms with Crippen LogP contribution in [0.1, 0.15) is 25.0 Å². The minimum Gasteiger partial charge on any atom is -0.497 e. The van der Waals surface area contributed by atoms with E-state index >= 15 is 0 Å². The van der Waals surface area contributed by atoms with Gasteiger partial charge in [-0.3, -0.25) is 25.0 Å². The van der Waals surface area contributed by atoms with Gasteiger partial charge in [-0.05, 0) is 53.9 Å². The van der Waals surface area contributed by atoms with Crippen LogP contribution in [0, 0.1) is 20.2 Å². The standard InChI is InChI=1S/C22H25BrN4O9/c1-22(2,14-8-16(34-3)11-17(9-14)35-4)36-21(29)25-12-19(28)24-6-5-13-7-15(26(30)31)10-18(20(13)23)27(32)33/h7-11H,5-6,12H2,1-4H3,(H,24,28)(H,25,29). The van der Waals surface area contributed by atoms with Gasteiger partial charge in [0, 0.05) is 24.2 Å². The SMILES string of the molecule is COc1cc(OC)cc(C(C)(C)OC(=O)NCC(=O)NCCc2cc([N+](=O)[O-])cc([N+](=O)[O-])c2Br)c1. The van der Waals surface area contributed by atoms with Crippen LogP contribution >= 0.6 is 15.9 Å². The van der Waals surface area contributed by atoms with E-state index < -0.39 is 45.4 Å². The number of nitrogens with zero attached hydrogens (tertiary/aromatic N) is 2. The Morgan fingerprint density at radius 2 is 1.58 bits per heavy atom. The van der Waals surface area contributed by atoms with Gasteiger partial charge in [0.05, 0.1) is 41.2 Å². The molecule has 13 nitrogen and oxygen atoms in total. The first-order valence-electron chi connectivity index (χ1n) is 10.5. The molecule has 0 radical (unpaired) electrons. The smallest absolute Gasteiger partial charge is 0.408 e. The normalized spacial score (nSPS) is 10.8. The quantitative estimate of drug-likeness (QED) is 0.303. The Labute approximate surface area is 214 Å². The van der Waals surface area contributed by atoms with Crippen molar-refractivity contribution in [3.63, 3.8) is 0 Å². The van der Waals surface area contributed by atoms with Crippen LogP contribution in [0.5, 0.6) is 11.5 Å². The highest BCUT2D eigenvalue weighted by atomic mass is 79.9. The number of halogens is 1. The van der Waals surface area contributed by atoms with E-state index in [4.69, 9.17) is 14.2 Å². The van der Waals surface area contributed by atoms with Crippen molar-refractivity contribution in [2.45, 2.75) is 25.9 Å². The van der Waals surface area contributed by atoms with Gasteiger partial charge in [0.15, 0.2) is 0 Å². The van der Waals surface area contributed by atoms with Crippen molar-refractivity contribution in [3.8, 4) is 11.5 Å². The van der Waals surface area contributed by atoms with E-state index in [1.54, 1.807) is 32.0 Å². The van der Waals surface area contributed by atoms with Gasteiger partial charge in [-0.1, -0.05) is 0 Å². The molecule has 2 N–H and O–H groups in total. The summed E-state index contributed by atoms with van der Waals surface area (Å²) in [4.78, 5) is 45.1. The summed E-state index contributed by atoms with van der Waals surface area (Å²) in [6.07, 6.45) is -0.765. The largest absolute Gasteiger partial charge is 0.497 e. The van der Waals surface area contributed by atoms with E-state index in [0.717, 1.165) is 6.07 Å². The van der Waals surface area contributed by atoms with Crippen LogP contribution in [-0.2, 0) is 21.6 Å². The van der Waals surface area contributed by atoms with Crippen molar-refractivity contribution in [2.75, 3.05) is 27.3 Å². The van der Waals surface area contributed by atoms with E-state index in [0.29, 0.717) is 17.1 Å². The van der Waals surface area contributed by atoms with Gasteiger partial charge in [0.25, 0.3) is 11.4 Å². The monoisotopic (exact) mass is 568 g/mol. The molecule has 0 aliphatic carbocycles. The molecule has 0 spiro atoms. The summed E-state index contributed by atoms with van der Waals surface area (Å²) < 4.78 is 16.0. The van der Waals surface area contributed by atoms with Gasteiger partial charge in [-0.2, -0.15) is 0 Å². The van der Waals surface area contributed by atoms with Crippen molar-refractivity contribution in [2.24, 2.45) is 0 Å². The Kier molecular flexibility index (Phi) is 9.55. The van der Waals surface area contributed by atoms with Crippen molar-refractivity contribution in [1.29, 1.82) is 0 Å². The van der Waals surface area contributed by atoms with Crippen LogP contribution < -0.4 is 20.1 Å². The Hall–Kier alpha value is -3.94. The lowest BCUT2D eigenvalue weighted by Gasteiger charge is -2.26. The second kappa shape index (κ2) is 12.2. The predicted molar refractivity (Wildman–Crippen MR) is 131 cm³/mol. The van der Waals surface area contributed by atoms with Crippen LogP contribution in [0.3, 0.4) is 0 Å². The maximum atomic E-state index is 12.3. The highest BCUT2D eigenvalue weighted by Gasteiger charge is 2.27. The number of carbonyl (C=O) groups is 2. The molecule has 36 heavy (non-hydrogen) atoms. The van der Waals surface area contributed by atoms with Gasteiger partial charge < -0.3 is 24.8 Å². The molecule has 0 atom stereocenters. The molecule has 0 unspecified atom stereocenters. The van der Waals surface area contributed by atoms with E-state index in [-0.39, 0.29) is 23.0 Å². The fraction of sp³-hybridized carbons (Fsp3) is 0.364. The molecule has 194 valence electrons. The molecule has 0 heterocycles. The third-order valence-electron chi connectivity index (χ3n) is 5.03. The summed E-state index contributed by atoms with van der Waals surface area (Å²) in [6.45, 7) is 2.95. The number of benzene rings is 2. The Bertz CT molecular complexity index is 1150. The zero-order chi connectivity index (χ0) is 27.0. The highest BCUT2D eigenvalue weighted by molar-refractivity contribution is 9.10. The Balaban J connectivity index is 1.92. The van der Waals surface area contributed by atoms with Gasteiger partial charge >= 0.3 is 6.09 Å². The van der Waals surface area contributed by atoms with Crippen LogP contribution in [0.15, 0.2) is 34.8 Å². The van der Waals surface area contributed by atoms with Crippen LogP contribution in [0.2, 0.25) is 0 Å². The Morgan fingerprint density at radius 3 is 2.11 bits per heavy atom. The number of rotatable bonds is 11. The third kappa shape index (κ3) is 7.53. The second-order valence-electron chi connectivity index (χ2n) is 7.91. The van der Waals surface area contributed by atoms with Crippen LogP contribution in [0.4, 0.5) is 16.2 Å². The van der Waals surface area contributed by atoms with Crippen molar-refractivity contribution in [1.82, 2.24) is 10.6 Å². The first-order chi connectivity index (χ1) is 16.9. The molecule has 0 bridgehead atoms. The molecule has 0 aliphatic rings. The van der Waals surface area contributed by atoms with Crippen molar-refractivity contribution >= 4 is 39.3 Å². The molecule has 2 rings (SSSR count). The zero-order valence-corrected chi connectivity index (χ0v) is 21.5. The number of alkyl carbamates (subject to hydrolysis) is 1. The maximum absolute atomic E-state index is 12.3. The van der Waals surface area contributed by atoms with Crippen LogP contribution in [-0.4, -0.2) is 49.2 Å².